The average Bonchev–Trinajstić information content (AvgIpc) is 3.18. The number of hydrogen-bond donors (Lipinski definition) is 1. The Balaban J connectivity index is 1.76. The Morgan fingerprint density at radius 3 is 3.13 bits per heavy atom. The van der Waals surface area contributed by atoms with Gasteiger partial charge in [-0.25, -0.2) is 4.98 Å². The summed E-state index contributed by atoms with van der Waals surface area (Å²) in [6, 6.07) is 0. The van der Waals surface area contributed by atoms with Crippen molar-refractivity contribution >= 4 is 23.6 Å². The van der Waals surface area contributed by atoms with Crippen LogP contribution in [0.2, 0.25) is 0 Å². The van der Waals surface area contributed by atoms with E-state index < -0.39 is 10.7 Å². The summed E-state index contributed by atoms with van der Waals surface area (Å²) in [5, 5.41) is 13.2. The minimum atomic E-state index is -0.848. The molecule has 0 aromatic carbocycles. The van der Waals surface area contributed by atoms with E-state index in [1.807, 2.05) is 0 Å². The second kappa shape index (κ2) is 6.32. The van der Waals surface area contributed by atoms with Crippen LogP contribution in [0, 0.1) is 5.92 Å². The summed E-state index contributed by atoms with van der Waals surface area (Å²) in [5.74, 6) is -0.897. The molecular weight excluding hydrogens is 320 g/mol. The lowest BCUT2D eigenvalue weighted by Crippen LogP contribution is -2.58. The van der Waals surface area contributed by atoms with Gasteiger partial charge in [0.25, 0.3) is 0 Å². The normalized spacial score (nSPS) is 29.1. The van der Waals surface area contributed by atoms with Crippen molar-refractivity contribution in [1.29, 1.82) is 0 Å². The number of aliphatic hydroxyl groups excluding tert-OH is 1. The van der Waals surface area contributed by atoms with Crippen molar-refractivity contribution in [1.82, 2.24) is 19.7 Å². The number of carbonyl (C=O) groups excluding carboxylic acids is 2. The predicted octanol–water partition coefficient (Wildman–Crippen LogP) is -0.340. The van der Waals surface area contributed by atoms with Gasteiger partial charge in [0.15, 0.2) is 0 Å². The highest BCUT2D eigenvalue weighted by atomic mass is 32.2. The zero-order valence-electron chi connectivity index (χ0n) is 12.5. The molecule has 1 unspecified atom stereocenters. The van der Waals surface area contributed by atoms with E-state index in [0.29, 0.717) is 19.5 Å². The highest BCUT2D eigenvalue weighted by Crippen LogP contribution is 2.51. The van der Waals surface area contributed by atoms with Gasteiger partial charge in [0.1, 0.15) is 24.0 Å². The molecule has 8 nitrogen and oxygen atoms in total. The minimum Gasteiger partial charge on any atom is -0.460 e. The van der Waals surface area contributed by atoms with Gasteiger partial charge in [0, 0.05) is 13.1 Å². The van der Waals surface area contributed by atoms with Gasteiger partial charge in [-0.1, -0.05) is 12.7 Å². The summed E-state index contributed by atoms with van der Waals surface area (Å²) < 4.78 is 6.05. The first kappa shape index (κ1) is 16.0. The Bertz CT molecular complexity index is 608. The Hall–Kier alpha value is -1.87. The van der Waals surface area contributed by atoms with Crippen molar-refractivity contribution in [3.8, 4) is 0 Å². The molecule has 9 heteroatoms. The number of aromatic nitrogens is 3. The summed E-state index contributed by atoms with van der Waals surface area (Å²) >= 11 is 1.40. The second-order valence-corrected chi connectivity index (χ2v) is 7.05. The lowest BCUT2D eigenvalue weighted by atomic mass is 9.96. The quantitative estimate of drug-likeness (QED) is 0.413. The molecule has 2 saturated heterocycles. The molecule has 3 atom stereocenters. The molecule has 124 valence electrons. The fourth-order valence-corrected chi connectivity index (χ4v) is 4.60. The first-order valence-electron chi connectivity index (χ1n) is 7.31. The van der Waals surface area contributed by atoms with Crippen LogP contribution in [0.25, 0.3) is 0 Å². The van der Waals surface area contributed by atoms with Crippen LogP contribution in [0.1, 0.15) is 6.42 Å². The molecule has 0 aliphatic carbocycles. The SMILES string of the molecule is C=CCOC(=O)C1(CCn2cncn2)CN2C(=O)[C@H](CO)[C@H]2S1. The Kier molecular flexibility index (Phi) is 4.40. The molecule has 0 bridgehead atoms. The fourth-order valence-electron chi connectivity index (χ4n) is 2.88. The van der Waals surface area contributed by atoms with Gasteiger partial charge in [-0.05, 0) is 6.42 Å². The average molecular weight is 338 g/mol. The number of rotatable bonds is 7. The standard InChI is InChI=1S/C14H18N4O4S/c1-2-5-22-13(21)14(3-4-17-9-15-8-16-17)7-18-11(20)10(6-19)12(18)23-14/h2,8-10,12,19H,1,3-7H2/t10-,12+,14?/m0/s1. The van der Waals surface area contributed by atoms with E-state index in [4.69, 9.17) is 4.74 Å². The number of fused-ring (bicyclic) bond motifs is 1. The molecule has 1 N–H and O–H groups in total. The number of β-lactam (4-membered cyclic amide) rings is 1. The molecule has 3 heterocycles. The van der Waals surface area contributed by atoms with Gasteiger partial charge < -0.3 is 14.7 Å². The Morgan fingerprint density at radius 2 is 2.48 bits per heavy atom. The Labute approximate surface area is 137 Å². The van der Waals surface area contributed by atoms with Crippen molar-refractivity contribution < 1.29 is 19.4 Å². The lowest BCUT2D eigenvalue weighted by molar-refractivity contribution is -0.153. The lowest BCUT2D eigenvalue weighted by Gasteiger charge is -2.40. The minimum absolute atomic E-state index is 0.107. The molecule has 2 fully saturated rings. The van der Waals surface area contributed by atoms with Crippen LogP contribution in [0.3, 0.4) is 0 Å². The zero-order valence-corrected chi connectivity index (χ0v) is 13.3. The van der Waals surface area contributed by atoms with Crippen LogP contribution < -0.4 is 0 Å². The van der Waals surface area contributed by atoms with Gasteiger partial charge in [-0.2, -0.15) is 5.10 Å². The highest BCUT2D eigenvalue weighted by molar-refractivity contribution is 8.02. The summed E-state index contributed by atoms with van der Waals surface area (Å²) in [6.45, 7) is 4.26. The van der Waals surface area contributed by atoms with E-state index in [0.717, 1.165) is 0 Å². The molecule has 0 radical (unpaired) electrons. The first-order chi connectivity index (χ1) is 11.1. The van der Waals surface area contributed by atoms with Crippen LogP contribution in [0.4, 0.5) is 0 Å². The zero-order chi connectivity index (χ0) is 16.4. The summed E-state index contributed by atoms with van der Waals surface area (Å²) in [7, 11) is 0. The molecule has 1 aromatic heterocycles. The molecule has 23 heavy (non-hydrogen) atoms. The fraction of sp³-hybridized carbons (Fsp3) is 0.571. The monoisotopic (exact) mass is 338 g/mol. The summed E-state index contributed by atoms with van der Waals surface area (Å²) in [6.07, 6.45) is 5.00. The number of aryl methyl sites for hydroxylation is 1. The molecule has 2 aliphatic rings. The van der Waals surface area contributed by atoms with Crippen molar-refractivity contribution in [3.05, 3.63) is 25.3 Å². The second-order valence-electron chi connectivity index (χ2n) is 5.55. The number of amides is 1. The third kappa shape index (κ3) is 2.74. The maximum absolute atomic E-state index is 12.6. The number of nitrogens with zero attached hydrogens (tertiary/aromatic N) is 4. The maximum atomic E-state index is 12.6. The van der Waals surface area contributed by atoms with Gasteiger partial charge >= 0.3 is 5.97 Å². The number of carbonyl (C=O) groups is 2. The number of thioether (sulfide) groups is 1. The van der Waals surface area contributed by atoms with Crippen LogP contribution in [-0.4, -0.2) is 66.5 Å². The molecule has 2 aliphatic heterocycles. The topological polar surface area (TPSA) is 97.6 Å². The molecule has 0 spiro atoms. The number of hydrogen-bond acceptors (Lipinski definition) is 7. The van der Waals surface area contributed by atoms with Crippen LogP contribution in [0.15, 0.2) is 25.3 Å². The number of ether oxygens (including phenoxy) is 1. The predicted molar refractivity (Wildman–Crippen MR) is 82.2 cm³/mol. The number of esters is 1. The molecule has 1 amide bonds. The molecule has 3 rings (SSSR count). The van der Waals surface area contributed by atoms with Gasteiger partial charge in [0.2, 0.25) is 5.91 Å². The maximum Gasteiger partial charge on any atom is 0.324 e. The third-order valence-corrected chi connectivity index (χ3v) is 5.91. The van der Waals surface area contributed by atoms with Gasteiger partial charge in [-0.15, -0.1) is 11.8 Å². The van der Waals surface area contributed by atoms with Crippen LogP contribution in [-0.2, 0) is 20.9 Å². The highest BCUT2D eigenvalue weighted by Gasteiger charge is 2.61. The molecular formula is C14H18N4O4S. The number of aliphatic hydroxyl groups is 1. The van der Waals surface area contributed by atoms with Crippen molar-refractivity contribution in [2.75, 3.05) is 19.8 Å². The molecule has 1 aromatic rings. The van der Waals surface area contributed by atoms with E-state index in [2.05, 4.69) is 16.7 Å². The molecule has 0 saturated carbocycles. The smallest absolute Gasteiger partial charge is 0.324 e. The summed E-state index contributed by atoms with van der Waals surface area (Å²) in [4.78, 5) is 30.1. The summed E-state index contributed by atoms with van der Waals surface area (Å²) in [5.41, 5.74) is 0. The van der Waals surface area contributed by atoms with Crippen molar-refractivity contribution in [3.63, 3.8) is 0 Å². The van der Waals surface area contributed by atoms with E-state index >= 15 is 0 Å². The van der Waals surface area contributed by atoms with Gasteiger partial charge in [0.05, 0.1) is 17.9 Å². The Morgan fingerprint density at radius 1 is 1.65 bits per heavy atom. The third-order valence-electron chi connectivity index (χ3n) is 4.14. The van der Waals surface area contributed by atoms with E-state index in [1.165, 1.54) is 24.2 Å². The first-order valence-corrected chi connectivity index (χ1v) is 8.19. The van der Waals surface area contributed by atoms with Gasteiger partial charge in [-0.3, -0.25) is 14.3 Å². The van der Waals surface area contributed by atoms with E-state index in [1.54, 1.807) is 15.9 Å². The van der Waals surface area contributed by atoms with Crippen LogP contribution in [0.5, 0.6) is 0 Å². The largest absolute Gasteiger partial charge is 0.460 e. The van der Waals surface area contributed by atoms with Crippen molar-refractivity contribution in [2.45, 2.75) is 23.1 Å². The van der Waals surface area contributed by atoms with E-state index in [-0.39, 0.29) is 30.5 Å². The van der Waals surface area contributed by atoms with Crippen molar-refractivity contribution in [2.24, 2.45) is 5.92 Å². The van der Waals surface area contributed by atoms with E-state index in [9.17, 15) is 14.7 Å². The van der Waals surface area contributed by atoms with Crippen LogP contribution >= 0.6 is 11.8 Å².